The first-order valence-corrected chi connectivity index (χ1v) is 12.2. The summed E-state index contributed by atoms with van der Waals surface area (Å²) in [7, 11) is 0. The van der Waals surface area contributed by atoms with Gasteiger partial charge in [0, 0.05) is 29.4 Å². The molecular formula is C25H28N4OS. The molecule has 6 heteroatoms. The number of amides is 1. The summed E-state index contributed by atoms with van der Waals surface area (Å²) in [6.45, 7) is 2.22. The number of hydrogen-bond donors (Lipinski definition) is 2. The SMILES string of the molecule is C[C@@H](NC(=O)c1sc2nc(-c3ccncc3)ccc2c1N)C12CC3CC(CC(C3)C1)C2. The lowest BCUT2D eigenvalue weighted by Gasteiger charge is -2.59. The Balaban J connectivity index is 1.26. The van der Waals surface area contributed by atoms with Gasteiger partial charge in [0.1, 0.15) is 9.71 Å². The molecule has 0 unspecified atom stereocenters. The second-order valence-electron chi connectivity index (χ2n) is 10.1. The quantitative estimate of drug-likeness (QED) is 0.588. The van der Waals surface area contributed by atoms with Crippen LogP contribution in [-0.2, 0) is 0 Å². The van der Waals surface area contributed by atoms with Gasteiger partial charge in [-0.25, -0.2) is 4.98 Å². The molecule has 0 aliphatic heterocycles. The van der Waals surface area contributed by atoms with Gasteiger partial charge in [-0.1, -0.05) is 0 Å². The smallest absolute Gasteiger partial charge is 0.263 e. The van der Waals surface area contributed by atoms with E-state index in [1.54, 1.807) is 12.4 Å². The van der Waals surface area contributed by atoms with Crippen LogP contribution in [-0.4, -0.2) is 21.9 Å². The van der Waals surface area contributed by atoms with E-state index in [1.165, 1.54) is 49.9 Å². The van der Waals surface area contributed by atoms with Crippen molar-refractivity contribution in [3.05, 3.63) is 41.5 Å². The Morgan fingerprint density at radius 3 is 2.39 bits per heavy atom. The van der Waals surface area contributed by atoms with Gasteiger partial charge in [0.15, 0.2) is 0 Å². The number of aromatic nitrogens is 2. The number of carbonyl (C=O) groups excluding carboxylic acids is 1. The maximum absolute atomic E-state index is 13.3. The van der Waals surface area contributed by atoms with Gasteiger partial charge >= 0.3 is 0 Å². The summed E-state index contributed by atoms with van der Waals surface area (Å²) in [5.41, 5.74) is 9.11. The fourth-order valence-corrected chi connectivity index (χ4v) is 7.97. The van der Waals surface area contributed by atoms with Crippen molar-refractivity contribution in [2.45, 2.75) is 51.5 Å². The van der Waals surface area contributed by atoms with Crippen molar-refractivity contribution in [3.63, 3.8) is 0 Å². The molecule has 0 saturated heterocycles. The lowest BCUT2D eigenvalue weighted by molar-refractivity contribution is -0.0687. The minimum atomic E-state index is -0.0470. The summed E-state index contributed by atoms with van der Waals surface area (Å²) in [5, 5.41) is 4.21. The van der Waals surface area contributed by atoms with Crippen molar-refractivity contribution in [1.82, 2.24) is 15.3 Å². The molecule has 160 valence electrons. The highest BCUT2D eigenvalue weighted by atomic mass is 32.1. The zero-order valence-corrected chi connectivity index (χ0v) is 18.6. The molecule has 4 saturated carbocycles. The summed E-state index contributed by atoms with van der Waals surface area (Å²) in [6, 6.07) is 7.99. The van der Waals surface area contributed by atoms with Crippen LogP contribution in [0.5, 0.6) is 0 Å². The number of fused-ring (bicyclic) bond motifs is 1. The van der Waals surface area contributed by atoms with Gasteiger partial charge in [0.05, 0.1) is 11.4 Å². The topological polar surface area (TPSA) is 80.9 Å². The molecule has 1 amide bonds. The lowest BCUT2D eigenvalue weighted by Crippen LogP contribution is -2.55. The molecule has 3 aromatic rings. The third-order valence-corrected chi connectivity index (χ3v) is 9.24. The van der Waals surface area contributed by atoms with E-state index in [-0.39, 0.29) is 17.4 Å². The van der Waals surface area contributed by atoms with Gasteiger partial charge in [0.25, 0.3) is 5.91 Å². The van der Waals surface area contributed by atoms with E-state index in [2.05, 4.69) is 17.2 Å². The monoisotopic (exact) mass is 432 g/mol. The molecule has 3 N–H and O–H groups in total. The molecule has 31 heavy (non-hydrogen) atoms. The van der Waals surface area contributed by atoms with Crippen molar-refractivity contribution in [2.75, 3.05) is 5.73 Å². The van der Waals surface area contributed by atoms with E-state index < -0.39 is 0 Å². The molecule has 0 spiro atoms. The maximum Gasteiger partial charge on any atom is 0.263 e. The summed E-state index contributed by atoms with van der Waals surface area (Å²) < 4.78 is 0. The summed E-state index contributed by atoms with van der Waals surface area (Å²) in [6.07, 6.45) is 11.6. The molecule has 1 atom stereocenters. The first kappa shape index (κ1) is 19.2. The molecule has 3 heterocycles. The van der Waals surface area contributed by atoms with Crippen molar-refractivity contribution < 1.29 is 4.79 Å². The highest BCUT2D eigenvalue weighted by Crippen LogP contribution is 2.61. The highest BCUT2D eigenvalue weighted by Gasteiger charge is 2.53. The standard InChI is InChI=1S/C25H28N4OS/c1-14(25-11-15-8-16(12-25)10-17(9-15)13-25)28-23(30)22-21(26)19-2-3-20(29-24(19)31-22)18-4-6-27-7-5-18/h2-7,14-17H,8-13,26H2,1H3,(H,28,30)/t14-,15?,16?,17?,25?/m1/s1. The molecule has 4 bridgehead atoms. The van der Waals surface area contributed by atoms with E-state index in [4.69, 9.17) is 10.7 Å². The van der Waals surface area contributed by atoms with Crippen LogP contribution in [0.1, 0.15) is 55.1 Å². The third kappa shape index (κ3) is 3.15. The molecular weight excluding hydrogens is 404 g/mol. The largest absolute Gasteiger partial charge is 0.397 e. The number of nitrogens with two attached hydrogens (primary N) is 1. The van der Waals surface area contributed by atoms with E-state index in [0.29, 0.717) is 10.6 Å². The fourth-order valence-electron chi connectivity index (χ4n) is 6.97. The second kappa shape index (κ2) is 7.02. The van der Waals surface area contributed by atoms with Gasteiger partial charge in [-0.3, -0.25) is 9.78 Å². The van der Waals surface area contributed by atoms with Gasteiger partial charge in [-0.15, -0.1) is 11.3 Å². The van der Waals surface area contributed by atoms with Gasteiger partial charge in [-0.2, -0.15) is 0 Å². The van der Waals surface area contributed by atoms with Crippen LogP contribution < -0.4 is 11.1 Å². The molecule has 7 rings (SSSR count). The highest BCUT2D eigenvalue weighted by molar-refractivity contribution is 7.21. The Bertz CT molecular complexity index is 1120. The van der Waals surface area contributed by atoms with Crippen molar-refractivity contribution in [3.8, 4) is 11.3 Å². The van der Waals surface area contributed by atoms with E-state index >= 15 is 0 Å². The lowest BCUT2D eigenvalue weighted by atomic mass is 9.48. The van der Waals surface area contributed by atoms with Crippen molar-refractivity contribution >= 4 is 33.1 Å². The Morgan fingerprint density at radius 1 is 1.10 bits per heavy atom. The minimum absolute atomic E-state index is 0.0470. The van der Waals surface area contributed by atoms with Crippen LogP contribution in [0.4, 0.5) is 5.69 Å². The minimum Gasteiger partial charge on any atom is -0.397 e. The second-order valence-corrected chi connectivity index (χ2v) is 11.1. The molecule has 4 fully saturated rings. The maximum atomic E-state index is 13.3. The fraction of sp³-hybridized carbons (Fsp3) is 0.480. The number of rotatable bonds is 4. The van der Waals surface area contributed by atoms with Crippen LogP contribution >= 0.6 is 11.3 Å². The number of thiophene rings is 1. The number of hydrogen-bond acceptors (Lipinski definition) is 5. The molecule has 0 aromatic carbocycles. The predicted molar refractivity (Wildman–Crippen MR) is 125 cm³/mol. The Hall–Kier alpha value is -2.47. The predicted octanol–water partition coefficient (Wildman–Crippen LogP) is 5.28. The van der Waals surface area contributed by atoms with Crippen LogP contribution in [0, 0.1) is 23.2 Å². The average Bonchev–Trinajstić information content (AvgIpc) is 3.09. The van der Waals surface area contributed by atoms with Crippen LogP contribution in [0.25, 0.3) is 21.5 Å². The van der Waals surface area contributed by atoms with Gasteiger partial charge < -0.3 is 11.1 Å². The molecule has 3 aromatic heterocycles. The number of pyridine rings is 2. The molecule has 4 aliphatic rings. The molecule has 0 radical (unpaired) electrons. The first-order chi connectivity index (χ1) is 15.0. The van der Waals surface area contributed by atoms with E-state index in [9.17, 15) is 4.79 Å². The van der Waals surface area contributed by atoms with Crippen molar-refractivity contribution in [1.29, 1.82) is 0 Å². The van der Waals surface area contributed by atoms with Gasteiger partial charge in [0.2, 0.25) is 0 Å². The summed E-state index contributed by atoms with van der Waals surface area (Å²) >= 11 is 1.40. The normalized spacial score (nSPS) is 29.9. The van der Waals surface area contributed by atoms with Crippen molar-refractivity contribution in [2.24, 2.45) is 23.2 Å². The number of nitrogen functional groups attached to an aromatic ring is 1. The average molecular weight is 433 g/mol. The van der Waals surface area contributed by atoms with Crippen LogP contribution in [0.15, 0.2) is 36.7 Å². The number of nitrogens with one attached hydrogen (secondary N) is 1. The number of nitrogens with zero attached hydrogens (tertiary/aromatic N) is 2. The zero-order chi connectivity index (χ0) is 21.2. The Labute approximate surface area is 186 Å². The summed E-state index contributed by atoms with van der Waals surface area (Å²) in [5.74, 6) is 2.57. The molecule has 4 aliphatic carbocycles. The van der Waals surface area contributed by atoms with E-state index in [1.807, 2.05) is 24.3 Å². The number of carbonyl (C=O) groups is 1. The zero-order valence-electron chi connectivity index (χ0n) is 17.8. The van der Waals surface area contributed by atoms with Crippen LogP contribution in [0.3, 0.4) is 0 Å². The third-order valence-electron chi connectivity index (χ3n) is 8.13. The van der Waals surface area contributed by atoms with Gasteiger partial charge in [-0.05, 0) is 92.9 Å². The number of anilines is 1. The van der Waals surface area contributed by atoms with Crippen LogP contribution in [0.2, 0.25) is 0 Å². The first-order valence-electron chi connectivity index (χ1n) is 11.4. The summed E-state index contributed by atoms with van der Waals surface area (Å²) in [4.78, 5) is 23.5. The molecule has 5 nitrogen and oxygen atoms in total. The Morgan fingerprint density at radius 2 is 1.74 bits per heavy atom. The Kier molecular flexibility index (Phi) is 4.36. The van der Waals surface area contributed by atoms with E-state index in [0.717, 1.165) is 39.2 Å².